The molecule has 0 saturated heterocycles. The molecule has 1 N–H and O–H groups in total. The molecule has 0 unspecified atom stereocenters. The average Bonchev–Trinajstić information content (AvgIpc) is 2.49. The number of carbonyl (C=O) groups excluding carboxylic acids is 2. The van der Waals surface area contributed by atoms with Gasteiger partial charge in [-0.25, -0.2) is 9.59 Å². The highest BCUT2D eigenvalue weighted by atomic mass is 79.9. The molecule has 0 aliphatic rings. The van der Waals surface area contributed by atoms with Crippen molar-refractivity contribution in [3.05, 3.63) is 29.8 Å². The first kappa shape index (κ1) is 18.2. The van der Waals surface area contributed by atoms with Crippen molar-refractivity contribution in [3.63, 3.8) is 0 Å². The number of carbonyl (C=O) groups is 3. The maximum atomic E-state index is 11.8. The predicted molar refractivity (Wildman–Crippen MR) is 82.3 cm³/mol. The van der Waals surface area contributed by atoms with Crippen molar-refractivity contribution in [2.75, 3.05) is 11.9 Å². The van der Waals surface area contributed by atoms with Crippen LogP contribution in [0.4, 0.5) is 0 Å². The van der Waals surface area contributed by atoms with Crippen molar-refractivity contribution in [1.29, 1.82) is 0 Å². The van der Waals surface area contributed by atoms with E-state index in [2.05, 4.69) is 20.7 Å². The number of rotatable bonds is 9. The van der Waals surface area contributed by atoms with E-state index in [1.165, 1.54) is 12.1 Å². The topological polar surface area (TPSA) is 89.9 Å². The fraction of sp³-hybridized carbons (Fsp3) is 0.400. The maximum absolute atomic E-state index is 11.8. The lowest BCUT2D eigenvalue weighted by Crippen LogP contribution is -2.15. The van der Waals surface area contributed by atoms with Gasteiger partial charge in [-0.1, -0.05) is 34.5 Å². The SMILES string of the molecule is O=C(O)COC(=O)c1ccccc1OC(=O)CCCCCBr. The molecular formula is C15H17BrO6. The summed E-state index contributed by atoms with van der Waals surface area (Å²) in [4.78, 5) is 33.9. The van der Waals surface area contributed by atoms with E-state index < -0.39 is 24.5 Å². The lowest BCUT2D eigenvalue weighted by molar-refractivity contribution is -0.140. The summed E-state index contributed by atoms with van der Waals surface area (Å²) < 4.78 is 9.74. The molecule has 0 aliphatic heterocycles. The number of para-hydroxylation sites is 1. The van der Waals surface area contributed by atoms with Gasteiger partial charge in [0.25, 0.3) is 0 Å². The van der Waals surface area contributed by atoms with Crippen LogP contribution in [-0.4, -0.2) is 35.0 Å². The van der Waals surface area contributed by atoms with Gasteiger partial charge in [-0.3, -0.25) is 4.79 Å². The summed E-state index contributed by atoms with van der Waals surface area (Å²) in [7, 11) is 0. The minimum absolute atomic E-state index is 0.0255. The average molecular weight is 373 g/mol. The maximum Gasteiger partial charge on any atom is 0.342 e. The molecule has 0 radical (unpaired) electrons. The standard InChI is InChI=1S/C15H17BrO6/c16-9-5-1-2-8-14(19)22-12-7-4-3-6-11(12)15(20)21-10-13(17)18/h3-4,6-7H,1-2,5,8-10H2,(H,17,18). The zero-order chi connectivity index (χ0) is 16.4. The lowest BCUT2D eigenvalue weighted by Gasteiger charge is -2.09. The molecule has 120 valence electrons. The van der Waals surface area contributed by atoms with Crippen molar-refractivity contribution in [1.82, 2.24) is 0 Å². The van der Waals surface area contributed by atoms with E-state index in [0.717, 1.165) is 18.2 Å². The van der Waals surface area contributed by atoms with Crippen LogP contribution >= 0.6 is 15.9 Å². The number of hydrogen-bond acceptors (Lipinski definition) is 5. The Hall–Kier alpha value is -1.89. The molecule has 0 amide bonds. The molecule has 0 aliphatic carbocycles. The highest BCUT2D eigenvalue weighted by molar-refractivity contribution is 9.09. The number of hydrogen-bond donors (Lipinski definition) is 1. The molecular weight excluding hydrogens is 356 g/mol. The number of aliphatic carboxylic acids is 1. The van der Waals surface area contributed by atoms with Gasteiger partial charge in [-0.15, -0.1) is 0 Å². The van der Waals surface area contributed by atoms with Crippen LogP contribution in [0.25, 0.3) is 0 Å². The molecule has 22 heavy (non-hydrogen) atoms. The normalized spacial score (nSPS) is 10.0. The van der Waals surface area contributed by atoms with Crippen LogP contribution in [0.5, 0.6) is 5.75 Å². The summed E-state index contributed by atoms with van der Waals surface area (Å²) in [6.45, 7) is -0.742. The summed E-state index contributed by atoms with van der Waals surface area (Å²) in [5.74, 6) is -2.46. The number of benzene rings is 1. The third-order valence-electron chi connectivity index (χ3n) is 2.67. The van der Waals surface area contributed by atoms with E-state index in [-0.39, 0.29) is 17.7 Å². The van der Waals surface area contributed by atoms with Crippen molar-refractivity contribution >= 4 is 33.8 Å². The number of esters is 2. The van der Waals surface area contributed by atoms with Crippen LogP contribution in [0.2, 0.25) is 0 Å². The summed E-state index contributed by atoms with van der Waals surface area (Å²) in [6, 6.07) is 6.07. The fourth-order valence-corrected chi connectivity index (χ4v) is 2.04. The van der Waals surface area contributed by atoms with Gasteiger partial charge in [-0.2, -0.15) is 0 Å². The van der Waals surface area contributed by atoms with Gasteiger partial charge >= 0.3 is 17.9 Å². The Balaban J connectivity index is 2.61. The minimum atomic E-state index is -1.25. The number of ether oxygens (including phenoxy) is 2. The minimum Gasteiger partial charge on any atom is -0.479 e. The monoisotopic (exact) mass is 372 g/mol. The Labute approximate surface area is 136 Å². The Morgan fingerprint density at radius 3 is 2.50 bits per heavy atom. The first-order chi connectivity index (χ1) is 10.5. The van der Waals surface area contributed by atoms with Crippen molar-refractivity contribution in [3.8, 4) is 5.75 Å². The Morgan fingerprint density at radius 2 is 1.82 bits per heavy atom. The van der Waals surface area contributed by atoms with Gasteiger partial charge < -0.3 is 14.6 Å². The molecule has 6 nitrogen and oxygen atoms in total. The Bertz CT molecular complexity index is 529. The van der Waals surface area contributed by atoms with E-state index in [0.29, 0.717) is 6.42 Å². The predicted octanol–water partition coefficient (Wildman–Crippen LogP) is 2.79. The van der Waals surface area contributed by atoms with E-state index >= 15 is 0 Å². The number of alkyl halides is 1. The summed E-state index contributed by atoms with van der Waals surface area (Å²) in [6.07, 6.45) is 2.84. The van der Waals surface area contributed by atoms with Crippen LogP contribution in [0.1, 0.15) is 36.0 Å². The van der Waals surface area contributed by atoms with Gasteiger partial charge in [0.2, 0.25) is 0 Å². The molecule has 0 bridgehead atoms. The highest BCUT2D eigenvalue weighted by Crippen LogP contribution is 2.20. The largest absolute Gasteiger partial charge is 0.479 e. The van der Waals surface area contributed by atoms with E-state index in [9.17, 15) is 14.4 Å². The van der Waals surface area contributed by atoms with Crippen LogP contribution in [-0.2, 0) is 14.3 Å². The summed E-state index contributed by atoms with van der Waals surface area (Å²) in [5.41, 5.74) is 0.0255. The second-order valence-electron chi connectivity index (χ2n) is 4.44. The van der Waals surface area contributed by atoms with E-state index in [1.54, 1.807) is 12.1 Å². The zero-order valence-electron chi connectivity index (χ0n) is 11.9. The van der Waals surface area contributed by atoms with Crippen LogP contribution in [0.15, 0.2) is 24.3 Å². The molecule has 0 aromatic heterocycles. The fourth-order valence-electron chi connectivity index (χ4n) is 1.64. The molecule has 0 heterocycles. The second-order valence-corrected chi connectivity index (χ2v) is 5.23. The van der Waals surface area contributed by atoms with Gasteiger partial charge in [-0.05, 0) is 25.0 Å². The number of halogens is 1. The molecule has 0 spiro atoms. The van der Waals surface area contributed by atoms with Gasteiger partial charge in [0.15, 0.2) is 6.61 Å². The van der Waals surface area contributed by atoms with Crippen molar-refractivity contribution in [2.45, 2.75) is 25.7 Å². The number of carboxylic acid groups (broad SMARTS) is 1. The van der Waals surface area contributed by atoms with Crippen LogP contribution < -0.4 is 4.74 Å². The third-order valence-corrected chi connectivity index (χ3v) is 3.23. The molecule has 1 rings (SSSR count). The van der Waals surface area contributed by atoms with Crippen LogP contribution in [0.3, 0.4) is 0 Å². The molecule has 0 fully saturated rings. The molecule has 1 aromatic carbocycles. The number of unbranched alkanes of at least 4 members (excludes halogenated alkanes) is 2. The van der Waals surface area contributed by atoms with Gasteiger partial charge in [0.1, 0.15) is 11.3 Å². The summed E-state index contributed by atoms with van der Waals surface area (Å²) >= 11 is 3.31. The highest BCUT2D eigenvalue weighted by Gasteiger charge is 2.17. The first-order valence-electron chi connectivity index (χ1n) is 6.79. The molecule has 7 heteroatoms. The smallest absolute Gasteiger partial charge is 0.342 e. The van der Waals surface area contributed by atoms with E-state index in [1.807, 2.05) is 0 Å². The number of carboxylic acids is 1. The van der Waals surface area contributed by atoms with Crippen molar-refractivity contribution in [2.24, 2.45) is 0 Å². The zero-order valence-corrected chi connectivity index (χ0v) is 13.5. The lowest BCUT2D eigenvalue weighted by atomic mass is 10.2. The summed E-state index contributed by atoms with van der Waals surface area (Å²) in [5, 5.41) is 9.39. The van der Waals surface area contributed by atoms with Crippen molar-refractivity contribution < 1.29 is 29.0 Å². The first-order valence-corrected chi connectivity index (χ1v) is 7.91. The van der Waals surface area contributed by atoms with Gasteiger partial charge in [0.05, 0.1) is 0 Å². The Kier molecular flexibility index (Phi) is 8.21. The third kappa shape index (κ3) is 6.71. The Morgan fingerprint density at radius 1 is 1.09 bits per heavy atom. The molecule has 0 atom stereocenters. The quantitative estimate of drug-likeness (QED) is 0.310. The van der Waals surface area contributed by atoms with E-state index in [4.69, 9.17) is 9.84 Å². The van der Waals surface area contributed by atoms with Crippen LogP contribution in [0, 0.1) is 0 Å². The molecule has 1 aromatic rings. The van der Waals surface area contributed by atoms with Gasteiger partial charge in [0, 0.05) is 11.8 Å². The molecule has 0 saturated carbocycles. The second kappa shape index (κ2) is 9.94.